The molecular formula is C12H16N6O6. The van der Waals surface area contributed by atoms with E-state index in [1.165, 1.54) is 0 Å². The van der Waals surface area contributed by atoms with Crippen LogP contribution in [0.15, 0.2) is 10.2 Å². The molecule has 0 N–H and O–H groups in total. The molecule has 2 unspecified atom stereocenters. The fraction of sp³-hybridized carbons (Fsp3) is 0.750. The van der Waals surface area contributed by atoms with Gasteiger partial charge in [0.25, 0.3) is 0 Å². The highest BCUT2D eigenvalue weighted by atomic mass is 16.6. The van der Waals surface area contributed by atoms with Crippen molar-refractivity contribution in [2.75, 3.05) is 0 Å². The number of carbonyl (C=O) groups excluding carboxylic acids is 3. The molecule has 5 atom stereocenters. The fourth-order valence-corrected chi connectivity index (χ4v) is 2.50. The van der Waals surface area contributed by atoms with E-state index in [-0.39, 0.29) is 6.42 Å². The molecular weight excluding hydrogens is 324 g/mol. The highest BCUT2D eigenvalue weighted by Gasteiger charge is 2.50. The fourth-order valence-electron chi connectivity index (χ4n) is 2.50. The van der Waals surface area contributed by atoms with Crippen molar-refractivity contribution in [3.63, 3.8) is 0 Å². The number of nitrogens with zero attached hydrogens (tertiary/aromatic N) is 6. The Kier molecular flexibility index (Phi) is 6.84. The third-order valence-corrected chi connectivity index (χ3v) is 3.20. The summed E-state index contributed by atoms with van der Waals surface area (Å²) < 4.78 is 15.3. The van der Waals surface area contributed by atoms with Crippen LogP contribution in [0, 0.1) is 0 Å². The molecule has 1 rings (SSSR count). The molecule has 0 aliphatic heterocycles. The van der Waals surface area contributed by atoms with Gasteiger partial charge in [-0.25, -0.2) is 0 Å². The number of ether oxygens (including phenoxy) is 3. The second kappa shape index (κ2) is 8.61. The minimum absolute atomic E-state index is 0.0538. The summed E-state index contributed by atoms with van der Waals surface area (Å²) in [5, 5.41) is 7.02. The first-order valence-electron chi connectivity index (χ1n) is 6.90. The molecule has 1 fully saturated rings. The predicted molar refractivity (Wildman–Crippen MR) is 77.1 cm³/mol. The van der Waals surface area contributed by atoms with E-state index in [1.807, 2.05) is 0 Å². The van der Waals surface area contributed by atoms with Crippen LogP contribution in [0.2, 0.25) is 0 Å². The smallest absolute Gasteiger partial charge is 0.303 e. The first-order valence-corrected chi connectivity index (χ1v) is 6.90. The molecule has 0 aromatic heterocycles. The van der Waals surface area contributed by atoms with Crippen molar-refractivity contribution in [2.24, 2.45) is 10.2 Å². The van der Waals surface area contributed by atoms with Crippen LogP contribution in [0.25, 0.3) is 20.9 Å². The SMILES string of the molecule is CC(=O)O[C@H]1[C@H](OC(C)=O)C(N=[N+]=[N-])CC(N=[N+]=[N-])[C@@H]1OC(C)=O. The van der Waals surface area contributed by atoms with Gasteiger partial charge in [0.1, 0.15) is 0 Å². The lowest BCUT2D eigenvalue weighted by atomic mass is 9.84. The van der Waals surface area contributed by atoms with Crippen LogP contribution in [-0.4, -0.2) is 48.3 Å². The largest absolute Gasteiger partial charge is 0.458 e. The van der Waals surface area contributed by atoms with Gasteiger partial charge in [0.05, 0.1) is 12.1 Å². The van der Waals surface area contributed by atoms with E-state index in [9.17, 15) is 14.4 Å². The molecule has 0 heterocycles. The number of hydrogen-bond donors (Lipinski definition) is 0. The van der Waals surface area contributed by atoms with E-state index in [1.54, 1.807) is 0 Å². The van der Waals surface area contributed by atoms with Gasteiger partial charge < -0.3 is 14.2 Å². The molecule has 24 heavy (non-hydrogen) atoms. The maximum atomic E-state index is 11.4. The average Bonchev–Trinajstić information content (AvgIpc) is 2.45. The molecule has 130 valence electrons. The number of azide groups is 2. The van der Waals surface area contributed by atoms with Gasteiger partial charge in [0.2, 0.25) is 0 Å². The Bertz CT molecular complexity index is 567. The van der Waals surface area contributed by atoms with Gasteiger partial charge in [0, 0.05) is 30.6 Å². The molecule has 0 saturated heterocycles. The van der Waals surface area contributed by atoms with Crippen molar-refractivity contribution in [3.05, 3.63) is 20.9 Å². The quantitative estimate of drug-likeness (QED) is 0.241. The molecule has 1 saturated carbocycles. The van der Waals surface area contributed by atoms with Crippen LogP contribution in [0.4, 0.5) is 0 Å². The molecule has 12 heteroatoms. The van der Waals surface area contributed by atoms with Crippen LogP contribution in [0.3, 0.4) is 0 Å². The summed E-state index contributed by atoms with van der Waals surface area (Å²) in [6.07, 6.45) is -3.70. The van der Waals surface area contributed by atoms with E-state index in [2.05, 4.69) is 20.1 Å². The molecule has 0 amide bonds. The zero-order valence-electron chi connectivity index (χ0n) is 13.2. The average molecular weight is 340 g/mol. The van der Waals surface area contributed by atoms with Crippen molar-refractivity contribution >= 4 is 17.9 Å². The normalized spacial score (nSPS) is 28.5. The molecule has 0 aromatic carbocycles. The van der Waals surface area contributed by atoms with Gasteiger partial charge in [-0.1, -0.05) is 10.2 Å². The van der Waals surface area contributed by atoms with Crippen molar-refractivity contribution < 1.29 is 28.6 Å². The monoisotopic (exact) mass is 340 g/mol. The summed E-state index contributed by atoms with van der Waals surface area (Å²) >= 11 is 0. The van der Waals surface area contributed by atoms with Crippen LogP contribution >= 0.6 is 0 Å². The van der Waals surface area contributed by atoms with Crippen molar-refractivity contribution in [3.8, 4) is 0 Å². The second-order valence-electron chi connectivity index (χ2n) is 5.00. The van der Waals surface area contributed by atoms with Crippen molar-refractivity contribution in [2.45, 2.75) is 57.6 Å². The van der Waals surface area contributed by atoms with E-state index in [4.69, 9.17) is 25.3 Å². The lowest BCUT2D eigenvalue weighted by molar-refractivity contribution is -0.193. The predicted octanol–water partition coefficient (Wildman–Crippen LogP) is 1.54. The number of rotatable bonds is 5. The maximum Gasteiger partial charge on any atom is 0.303 e. The molecule has 1 aliphatic carbocycles. The van der Waals surface area contributed by atoms with E-state index >= 15 is 0 Å². The number of esters is 3. The Morgan fingerprint density at radius 3 is 1.42 bits per heavy atom. The summed E-state index contributed by atoms with van der Waals surface area (Å²) in [7, 11) is 0. The first-order chi connectivity index (χ1) is 11.3. The van der Waals surface area contributed by atoms with Gasteiger partial charge in [-0.05, 0) is 17.5 Å². The van der Waals surface area contributed by atoms with Crippen molar-refractivity contribution in [1.82, 2.24) is 0 Å². The zero-order valence-corrected chi connectivity index (χ0v) is 13.2. The standard InChI is InChI=1S/C12H16N6O6/c1-5(19)22-10-8(15-17-13)4-9(16-18-14)11(23-6(2)20)12(10)24-7(3)21/h8-12H,4H2,1-3H3/t8?,9?,10-,11+,12+. The lowest BCUT2D eigenvalue weighted by Gasteiger charge is -2.41. The van der Waals surface area contributed by atoms with Gasteiger partial charge in [-0.3, -0.25) is 14.4 Å². The zero-order chi connectivity index (χ0) is 18.3. The molecule has 12 nitrogen and oxygen atoms in total. The maximum absolute atomic E-state index is 11.4. The Labute approximate surface area is 136 Å². The summed E-state index contributed by atoms with van der Waals surface area (Å²) in [5.74, 6) is -2.16. The second-order valence-corrected chi connectivity index (χ2v) is 5.00. The van der Waals surface area contributed by atoms with Gasteiger partial charge in [-0.15, -0.1) is 0 Å². The van der Waals surface area contributed by atoms with E-state index < -0.39 is 48.3 Å². The Hall–Kier alpha value is -2.97. The van der Waals surface area contributed by atoms with Crippen LogP contribution < -0.4 is 0 Å². The third-order valence-electron chi connectivity index (χ3n) is 3.20. The summed E-state index contributed by atoms with van der Waals surface area (Å²) in [6.45, 7) is 3.35. The molecule has 0 bridgehead atoms. The summed E-state index contributed by atoms with van der Waals surface area (Å²) in [5.41, 5.74) is 17.4. The van der Waals surface area contributed by atoms with E-state index in [0.29, 0.717) is 0 Å². The number of carbonyl (C=O) groups is 3. The lowest BCUT2D eigenvalue weighted by Crippen LogP contribution is -2.58. The summed E-state index contributed by atoms with van der Waals surface area (Å²) in [4.78, 5) is 39.4. The Morgan fingerprint density at radius 1 is 0.792 bits per heavy atom. The van der Waals surface area contributed by atoms with Gasteiger partial charge >= 0.3 is 17.9 Å². The Balaban J connectivity index is 3.34. The Morgan fingerprint density at radius 2 is 1.12 bits per heavy atom. The third kappa shape index (κ3) is 5.04. The van der Waals surface area contributed by atoms with Crippen molar-refractivity contribution in [1.29, 1.82) is 0 Å². The minimum Gasteiger partial charge on any atom is -0.458 e. The van der Waals surface area contributed by atoms with E-state index in [0.717, 1.165) is 20.8 Å². The molecule has 1 aliphatic rings. The molecule has 0 spiro atoms. The molecule has 0 radical (unpaired) electrons. The highest BCUT2D eigenvalue weighted by Crippen LogP contribution is 2.32. The number of hydrogen-bond acceptors (Lipinski definition) is 8. The van der Waals surface area contributed by atoms with Crippen LogP contribution in [0.5, 0.6) is 0 Å². The summed E-state index contributed by atoms with van der Waals surface area (Å²) in [6, 6.07) is -1.93. The molecule has 0 aromatic rings. The highest BCUT2D eigenvalue weighted by molar-refractivity contribution is 5.68. The van der Waals surface area contributed by atoms with Gasteiger partial charge in [0.15, 0.2) is 18.3 Å². The van der Waals surface area contributed by atoms with Crippen LogP contribution in [0.1, 0.15) is 27.2 Å². The first kappa shape index (κ1) is 19.1. The minimum atomic E-state index is -1.28. The van der Waals surface area contributed by atoms with Gasteiger partial charge in [-0.2, -0.15) is 0 Å². The van der Waals surface area contributed by atoms with Crippen LogP contribution in [-0.2, 0) is 28.6 Å². The topological polar surface area (TPSA) is 176 Å².